The van der Waals surface area contributed by atoms with Gasteiger partial charge in [-0.05, 0) is 30.5 Å². The molecule has 0 aromatic heterocycles. The van der Waals surface area contributed by atoms with Gasteiger partial charge in [0.25, 0.3) is 10.2 Å². The quantitative estimate of drug-likeness (QED) is 0.884. The Bertz CT molecular complexity index is 510. The topological polar surface area (TPSA) is 72.2 Å². The zero-order chi connectivity index (χ0) is 12.5. The van der Waals surface area contributed by atoms with Crippen molar-refractivity contribution in [2.45, 2.75) is 31.2 Å². The molecule has 0 atom stereocenters. The van der Waals surface area contributed by atoms with Crippen molar-refractivity contribution in [1.82, 2.24) is 4.72 Å². The molecule has 6 heteroatoms. The van der Waals surface area contributed by atoms with Crippen LogP contribution in [0.3, 0.4) is 0 Å². The number of nitrogens with two attached hydrogens (primary N) is 1. The first-order chi connectivity index (χ1) is 7.91. The van der Waals surface area contributed by atoms with E-state index < -0.39 is 15.7 Å². The minimum Gasteiger partial charge on any atom is -0.216 e. The summed E-state index contributed by atoms with van der Waals surface area (Å²) in [6.45, 7) is 0. The minimum atomic E-state index is -3.72. The lowest BCUT2D eigenvalue weighted by Crippen LogP contribution is -2.46. The van der Waals surface area contributed by atoms with Gasteiger partial charge < -0.3 is 0 Å². The zero-order valence-electron chi connectivity index (χ0n) is 9.32. The van der Waals surface area contributed by atoms with E-state index in [0.717, 1.165) is 31.2 Å². The van der Waals surface area contributed by atoms with Crippen LogP contribution in [0.2, 0.25) is 5.02 Å². The maximum Gasteiger partial charge on any atom is 0.275 e. The largest absolute Gasteiger partial charge is 0.275 e. The van der Waals surface area contributed by atoms with Gasteiger partial charge in [-0.1, -0.05) is 36.6 Å². The normalized spacial score (nSPS) is 19.4. The van der Waals surface area contributed by atoms with Crippen LogP contribution in [0.4, 0.5) is 0 Å². The Morgan fingerprint density at radius 2 is 1.94 bits per heavy atom. The first-order valence-electron chi connectivity index (χ1n) is 5.49. The summed E-state index contributed by atoms with van der Waals surface area (Å²) in [5.41, 5.74) is 0.301. The molecule has 2 rings (SSSR count). The van der Waals surface area contributed by atoms with Crippen molar-refractivity contribution in [3.63, 3.8) is 0 Å². The summed E-state index contributed by atoms with van der Waals surface area (Å²) >= 11 is 5.95. The van der Waals surface area contributed by atoms with E-state index in [0.29, 0.717) is 5.02 Å². The molecule has 0 aliphatic heterocycles. The van der Waals surface area contributed by atoms with Crippen molar-refractivity contribution in [3.05, 3.63) is 34.9 Å². The molecule has 4 nitrogen and oxygen atoms in total. The molecule has 0 radical (unpaired) electrons. The van der Waals surface area contributed by atoms with Gasteiger partial charge in [0.05, 0.1) is 5.54 Å². The lowest BCUT2D eigenvalue weighted by atomic mass is 9.89. The van der Waals surface area contributed by atoms with Gasteiger partial charge in [-0.2, -0.15) is 13.1 Å². The Hall–Kier alpha value is -0.620. The van der Waals surface area contributed by atoms with E-state index in [1.54, 1.807) is 12.1 Å². The average Bonchev–Trinajstić information content (AvgIpc) is 2.65. The Balaban J connectivity index is 2.41. The second-order valence-electron chi connectivity index (χ2n) is 4.45. The summed E-state index contributed by atoms with van der Waals surface area (Å²) in [6, 6.07) is 7.27. The van der Waals surface area contributed by atoms with Gasteiger partial charge in [0, 0.05) is 5.02 Å². The highest BCUT2D eigenvalue weighted by Gasteiger charge is 2.38. The number of rotatable bonds is 3. The highest BCUT2D eigenvalue weighted by molar-refractivity contribution is 7.87. The molecule has 1 fully saturated rings. The summed E-state index contributed by atoms with van der Waals surface area (Å²) < 4.78 is 25.1. The predicted molar refractivity (Wildman–Crippen MR) is 67.8 cm³/mol. The summed E-state index contributed by atoms with van der Waals surface area (Å²) in [5.74, 6) is 0. The molecule has 1 aliphatic carbocycles. The third kappa shape index (κ3) is 2.98. The van der Waals surface area contributed by atoms with E-state index in [1.807, 2.05) is 12.1 Å². The van der Waals surface area contributed by atoms with Crippen molar-refractivity contribution in [1.29, 1.82) is 0 Å². The van der Waals surface area contributed by atoms with E-state index >= 15 is 0 Å². The van der Waals surface area contributed by atoms with Crippen LogP contribution < -0.4 is 9.86 Å². The van der Waals surface area contributed by atoms with Crippen LogP contribution in [0.1, 0.15) is 31.2 Å². The van der Waals surface area contributed by atoms with Crippen LogP contribution in [-0.2, 0) is 15.7 Å². The predicted octanol–water partition coefficient (Wildman–Crippen LogP) is 1.90. The lowest BCUT2D eigenvalue weighted by molar-refractivity contribution is 0.404. The minimum absolute atomic E-state index is 0.585. The van der Waals surface area contributed by atoms with E-state index in [2.05, 4.69) is 4.72 Å². The third-order valence-corrected chi connectivity index (χ3v) is 4.08. The second kappa shape index (κ2) is 4.57. The van der Waals surface area contributed by atoms with E-state index in [1.165, 1.54) is 0 Å². The molecule has 1 saturated carbocycles. The van der Waals surface area contributed by atoms with Crippen LogP contribution in [0.5, 0.6) is 0 Å². The standard InChI is InChI=1S/C11H15ClN2O2S/c12-10-5-3-4-9(8-10)11(6-1-2-7-11)14-17(13,15)16/h3-5,8,14H,1-2,6-7H2,(H2,13,15,16). The molecule has 17 heavy (non-hydrogen) atoms. The van der Waals surface area contributed by atoms with Gasteiger partial charge in [-0.3, -0.25) is 0 Å². The smallest absolute Gasteiger partial charge is 0.216 e. The van der Waals surface area contributed by atoms with Crippen LogP contribution >= 0.6 is 11.6 Å². The SMILES string of the molecule is NS(=O)(=O)NC1(c2cccc(Cl)c2)CCCC1. The lowest BCUT2D eigenvalue weighted by Gasteiger charge is -2.29. The molecule has 0 saturated heterocycles. The van der Waals surface area contributed by atoms with Crippen LogP contribution in [0, 0.1) is 0 Å². The zero-order valence-corrected chi connectivity index (χ0v) is 10.9. The van der Waals surface area contributed by atoms with Crippen molar-refractivity contribution in [2.24, 2.45) is 5.14 Å². The molecule has 1 aliphatic rings. The second-order valence-corrected chi connectivity index (χ2v) is 6.18. The molecule has 1 aromatic carbocycles. The molecular formula is C11H15ClN2O2S. The van der Waals surface area contributed by atoms with Gasteiger partial charge in [0.2, 0.25) is 0 Å². The highest BCUT2D eigenvalue weighted by atomic mass is 35.5. The van der Waals surface area contributed by atoms with Gasteiger partial charge >= 0.3 is 0 Å². The molecule has 1 aromatic rings. The van der Waals surface area contributed by atoms with Crippen molar-refractivity contribution >= 4 is 21.8 Å². The molecule has 3 N–H and O–H groups in total. The molecule has 0 spiro atoms. The van der Waals surface area contributed by atoms with Crippen molar-refractivity contribution in [2.75, 3.05) is 0 Å². The Kier molecular flexibility index (Phi) is 3.45. The molecule has 0 heterocycles. The van der Waals surface area contributed by atoms with Gasteiger partial charge in [0.15, 0.2) is 0 Å². The number of hydrogen-bond acceptors (Lipinski definition) is 2. The summed E-state index contributed by atoms with van der Waals surface area (Å²) in [6.07, 6.45) is 3.47. The fourth-order valence-corrected chi connectivity index (χ4v) is 3.54. The summed E-state index contributed by atoms with van der Waals surface area (Å²) in [5, 5.41) is 5.71. The maximum atomic E-state index is 11.3. The Morgan fingerprint density at radius 3 is 2.47 bits per heavy atom. The van der Waals surface area contributed by atoms with E-state index in [4.69, 9.17) is 16.7 Å². The van der Waals surface area contributed by atoms with Gasteiger partial charge in [-0.25, -0.2) is 5.14 Å². The molecule has 94 valence electrons. The van der Waals surface area contributed by atoms with E-state index in [-0.39, 0.29) is 0 Å². The third-order valence-electron chi connectivity index (χ3n) is 3.17. The monoisotopic (exact) mass is 274 g/mol. The van der Waals surface area contributed by atoms with Crippen LogP contribution in [0.15, 0.2) is 24.3 Å². The van der Waals surface area contributed by atoms with Crippen LogP contribution in [-0.4, -0.2) is 8.42 Å². The maximum absolute atomic E-state index is 11.3. The first kappa shape index (κ1) is 12.8. The number of nitrogens with one attached hydrogen (secondary N) is 1. The average molecular weight is 275 g/mol. The van der Waals surface area contributed by atoms with Crippen molar-refractivity contribution in [3.8, 4) is 0 Å². The fourth-order valence-electron chi connectivity index (χ4n) is 2.49. The Morgan fingerprint density at radius 1 is 1.29 bits per heavy atom. The number of hydrogen-bond donors (Lipinski definition) is 2. The number of halogens is 1. The van der Waals surface area contributed by atoms with Crippen LogP contribution in [0.25, 0.3) is 0 Å². The Labute approximate surface area is 106 Å². The molecular weight excluding hydrogens is 260 g/mol. The fraction of sp³-hybridized carbons (Fsp3) is 0.455. The van der Waals surface area contributed by atoms with Crippen molar-refractivity contribution < 1.29 is 8.42 Å². The summed E-state index contributed by atoms with van der Waals surface area (Å²) in [4.78, 5) is 0. The van der Waals surface area contributed by atoms with E-state index in [9.17, 15) is 8.42 Å². The highest BCUT2D eigenvalue weighted by Crippen LogP contribution is 2.39. The number of benzene rings is 1. The molecule has 0 unspecified atom stereocenters. The van der Waals surface area contributed by atoms with Gasteiger partial charge in [0.1, 0.15) is 0 Å². The molecule has 0 bridgehead atoms. The first-order valence-corrected chi connectivity index (χ1v) is 7.41. The molecule has 0 amide bonds. The summed E-state index contributed by atoms with van der Waals surface area (Å²) in [7, 11) is -3.72. The van der Waals surface area contributed by atoms with Gasteiger partial charge in [-0.15, -0.1) is 0 Å².